The standard InChI is InChI=1S/C6H9N3O2/c1-2-3-4(7)5-8-6(10)11-9-5/h1,4-5,9H,3,7H2,(H,8,10)/t4-,5?/m0/s1. The third kappa shape index (κ3) is 1.83. The van der Waals surface area contributed by atoms with E-state index in [1.165, 1.54) is 0 Å². The quantitative estimate of drug-likeness (QED) is 0.443. The zero-order chi connectivity index (χ0) is 8.27. The van der Waals surface area contributed by atoms with Crippen molar-refractivity contribution in [3.05, 3.63) is 0 Å². The number of hydrogen-bond donors (Lipinski definition) is 3. The molecule has 0 saturated carbocycles. The molecule has 0 aromatic rings. The van der Waals surface area contributed by atoms with Gasteiger partial charge in [0.1, 0.15) is 6.17 Å². The summed E-state index contributed by atoms with van der Waals surface area (Å²) in [5.41, 5.74) is 7.96. The van der Waals surface area contributed by atoms with E-state index < -0.39 is 6.09 Å². The Balaban J connectivity index is 2.37. The molecule has 1 fully saturated rings. The van der Waals surface area contributed by atoms with Gasteiger partial charge in [0.15, 0.2) is 0 Å². The van der Waals surface area contributed by atoms with Crippen molar-refractivity contribution in [1.82, 2.24) is 10.8 Å². The second-order valence-electron chi connectivity index (χ2n) is 2.20. The fourth-order valence-corrected chi connectivity index (χ4v) is 0.751. The lowest BCUT2D eigenvalue weighted by molar-refractivity contribution is 0.118. The van der Waals surface area contributed by atoms with Crippen LogP contribution in [0.2, 0.25) is 0 Å². The maximum absolute atomic E-state index is 10.5. The number of hydrogen-bond acceptors (Lipinski definition) is 4. The minimum atomic E-state index is -0.525. The number of amides is 1. The molecule has 0 aromatic heterocycles. The zero-order valence-corrected chi connectivity index (χ0v) is 5.83. The first-order valence-corrected chi connectivity index (χ1v) is 3.16. The van der Waals surface area contributed by atoms with Gasteiger partial charge in [0, 0.05) is 6.42 Å². The lowest BCUT2D eigenvalue weighted by Crippen LogP contribution is -2.47. The molecule has 1 aliphatic rings. The summed E-state index contributed by atoms with van der Waals surface area (Å²) in [6.07, 6.45) is 4.51. The fourth-order valence-electron chi connectivity index (χ4n) is 0.751. The maximum Gasteiger partial charge on any atom is 0.427 e. The van der Waals surface area contributed by atoms with E-state index in [0.717, 1.165) is 0 Å². The van der Waals surface area contributed by atoms with Crippen LogP contribution in [0, 0.1) is 12.3 Å². The minimum absolute atomic E-state index is 0.313. The highest BCUT2D eigenvalue weighted by molar-refractivity contribution is 5.68. The second kappa shape index (κ2) is 3.23. The van der Waals surface area contributed by atoms with Crippen molar-refractivity contribution in [2.75, 3.05) is 0 Å². The normalized spacial score (nSPS) is 25.1. The van der Waals surface area contributed by atoms with Crippen LogP contribution in [0.4, 0.5) is 4.79 Å². The van der Waals surface area contributed by atoms with Crippen LogP contribution in [-0.2, 0) is 4.84 Å². The van der Waals surface area contributed by atoms with Gasteiger partial charge in [-0.15, -0.1) is 17.8 Å². The average molecular weight is 155 g/mol. The van der Waals surface area contributed by atoms with Crippen LogP contribution in [0.5, 0.6) is 0 Å². The van der Waals surface area contributed by atoms with E-state index in [1.54, 1.807) is 0 Å². The number of terminal acetylenes is 1. The molecule has 0 aliphatic carbocycles. The molecule has 0 radical (unpaired) electrons. The first-order chi connectivity index (χ1) is 5.24. The van der Waals surface area contributed by atoms with Crippen molar-refractivity contribution in [2.24, 2.45) is 5.73 Å². The molecule has 1 heterocycles. The highest BCUT2D eigenvalue weighted by Crippen LogP contribution is 1.97. The SMILES string of the molecule is C#CC[C@H](N)C1NOC(=O)N1. The lowest BCUT2D eigenvalue weighted by atomic mass is 10.2. The first-order valence-electron chi connectivity index (χ1n) is 3.16. The van der Waals surface area contributed by atoms with Crippen LogP contribution >= 0.6 is 0 Å². The van der Waals surface area contributed by atoms with Crippen molar-refractivity contribution in [3.63, 3.8) is 0 Å². The Bertz CT molecular complexity index is 198. The Morgan fingerprint density at radius 1 is 1.91 bits per heavy atom. The smallest absolute Gasteiger partial charge is 0.352 e. The van der Waals surface area contributed by atoms with Crippen LogP contribution < -0.4 is 16.5 Å². The van der Waals surface area contributed by atoms with Crippen LogP contribution in [0.3, 0.4) is 0 Å². The summed E-state index contributed by atoms with van der Waals surface area (Å²) in [5, 5.41) is 2.45. The average Bonchev–Trinajstić information content (AvgIpc) is 2.36. The van der Waals surface area contributed by atoms with Crippen LogP contribution in [0.25, 0.3) is 0 Å². The Morgan fingerprint density at radius 2 is 2.64 bits per heavy atom. The summed E-state index contributed by atoms with van der Waals surface area (Å²) >= 11 is 0. The van der Waals surface area contributed by atoms with Gasteiger partial charge in [-0.1, -0.05) is 0 Å². The van der Waals surface area contributed by atoms with E-state index in [1.807, 2.05) is 0 Å². The van der Waals surface area contributed by atoms with Gasteiger partial charge in [0.2, 0.25) is 0 Å². The summed E-state index contributed by atoms with van der Waals surface area (Å²) in [4.78, 5) is 14.8. The number of nitrogens with two attached hydrogens (primary N) is 1. The molecular weight excluding hydrogens is 146 g/mol. The van der Waals surface area contributed by atoms with E-state index in [4.69, 9.17) is 12.2 Å². The molecule has 2 atom stereocenters. The third-order valence-electron chi connectivity index (χ3n) is 1.33. The third-order valence-corrected chi connectivity index (χ3v) is 1.33. The number of carbonyl (C=O) groups is 1. The second-order valence-corrected chi connectivity index (χ2v) is 2.20. The molecule has 5 heteroatoms. The number of nitrogens with one attached hydrogen (secondary N) is 2. The largest absolute Gasteiger partial charge is 0.427 e. The first kappa shape index (κ1) is 7.85. The molecule has 1 unspecified atom stereocenters. The maximum atomic E-state index is 10.5. The fraction of sp³-hybridized carbons (Fsp3) is 0.500. The van der Waals surface area contributed by atoms with E-state index in [-0.39, 0.29) is 12.2 Å². The van der Waals surface area contributed by atoms with Crippen molar-refractivity contribution in [1.29, 1.82) is 0 Å². The van der Waals surface area contributed by atoms with Gasteiger partial charge in [-0.05, 0) is 0 Å². The molecule has 0 aromatic carbocycles. The van der Waals surface area contributed by atoms with E-state index in [9.17, 15) is 4.79 Å². The predicted molar refractivity (Wildman–Crippen MR) is 38.0 cm³/mol. The van der Waals surface area contributed by atoms with Crippen LogP contribution in [0.15, 0.2) is 0 Å². The van der Waals surface area contributed by atoms with Gasteiger partial charge >= 0.3 is 6.09 Å². The van der Waals surface area contributed by atoms with Crippen molar-refractivity contribution < 1.29 is 9.63 Å². The Hall–Kier alpha value is -1.25. The topological polar surface area (TPSA) is 76.4 Å². The van der Waals surface area contributed by atoms with Gasteiger partial charge in [0.05, 0.1) is 6.04 Å². The summed E-state index contributed by atoms with van der Waals surface area (Å²) in [7, 11) is 0. The summed E-state index contributed by atoms with van der Waals surface area (Å²) in [6.45, 7) is 0. The highest BCUT2D eigenvalue weighted by Gasteiger charge is 2.26. The Labute approximate surface area is 64.2 Å². The van der Waals surface area contributed by atoms with Gasteiger partial charge < -0.3 is 10.6 Å². The molecule has 1 amide bonds. The summed E-state index contributed by atoms with van der Waals surface area (Å²) < 4.78 is 0. The van der Waals surface area contributed by atoms with Gasteiger partial charge in [0.25, 0.3) is 0 Å². The monoisotopic (exact) mass is 155 g/mol. The molecule has 1 saturated heterocycles. The number of hydroxylamine groups is 1. The van der Waals surface area contributed by atoms with Gasteiger partial charge in [-0.2, -0.15) is 0 Å². The molecular formula is C6H9N3O2. The molecule has 0 bridgehead atoms. The molecule has 11 heavy (non-hydrogen) atoms. The van der Waals surface area contributed by atoms with E-state index >= 15 is 0 Å². The lowest BCUT2D eigenvalue weighted by Gasteiger charge is -2.13. The van der Waals surface area contributed by atoms with Crippen LogP contribution in [-0.4, -0.2) is 18.3 Å². The summed E-state index contributed by atoms with van der Waals surface area (Å²) in [6, 6.07) is -0.313. The van der Waals surface area contributed by atoms with E-state index in [0.29, 0.717) is 6.42 Å². The highest BCUT2D eigenvalue weighted by atomic mass is 16.7. The Kier molecular flexibility index (Phi) is 2.31. The number of carbonyl (C=O) groups excluding carboxylic acids is 1. The predicted octanol–water partition coefficient (Wildman–Crippen LogP) is -1.09. The van der Waals surface area contributed by atoms with Crippen molar-refractivity contribution in [3.8, 4) is 12.3 Å². The van der Waals surface area contributed by atoms with Crippen molar-refractivity contribution >= 4 is 6.09 Å². The Morgan fingerprint density at radius 3 is 3.09 bits per heavy atom. The zero-order valence-electron chi connectivity index (χ0n) is 5.83. The minimum Gasteiger partial charge on any atom is -0.352 e. The molecule has 5 nitrogen and oxygen atoms in total. The molecule has 4 N–H and O–H groups in total. The number of rotatable bonds is 2. The van der Waals surface area contributed by atoms with Crippen LogP contribution in [0.1, 0.15) is 6.42 Å². The van der Waals surface area contributed by atoms with E-state index in [2.05, 4.69) is 21.6 Å². The van der Waals surface area contributed by atoms with Crippen molar-refractivity contribution in [2.45, 2.75) is 18.6 Å². The molecule has 0 spiro atoms. The molecule has 1 aliphatic heterocycles. The van der Waals surface area contributed by atoms with Gasteiger partial charge in [-0.25, -0.2) is 4.79 Å². The van der Waals surface area contributed by atoms with Gasteiger partial charge in [-0.3, -0.25) is 5.32 Å². The molecule has 60 valence electrons. The molecule has 1 rings (SSSR count). The summed E-state index contributed by atoms with van der Waals surface area (Å²) in [5.74, 6) is 2.39.